The highest BCUT2D eigenvalue weighted by molar-refractivity contribution is 5.37. The summed E-state index contributed by atoms with van der Waals surface area (Å²) >= 11 is 0. The molecule has 2 aliphatic rings. The Hall–Kier alpha value is -2.14. The Kier molecular flexibility index (Phi) is 4.60. The summed E-state index contributed by atoms with van der Waals surface area (Å²) in [5, 5.41) is 3.88. The monoisotopic (exact) mass is 324 g/mol. The molecule has 1 saturated heterocycles. The number of aromatic nitrogens is 2. The largest absolute Gasteiger partial charge is 0.493 e. The van der Waals surface area contributed by atoms with E-state index in [1.54, 1.807) is 0 Å². The van der Waals surface area contributed by atoms with Gasteiger partial charge < -0.3 is 15.0 Å². The third-order valence-electron chi connectivity index (χ3n) is 4.96. The van der Waals surface area contributed by atoms with Crippen LogP contribution in [0, 0.1) is 0 Å². The maximum absolute atomic E-state index is 5.88. The van der Waals surface area contributed by atoms with Crippen LogP contribution in [0.5, 0.6) is 5.75 Å². The first-order chi connectivity index (χ1) is 11.9. The maximum atomic E-state index is 5.88. The summed E-state index contributed by atoms with van der Waals surface area (Å²) in [6, 6.07) is 11.3. The molecule has 4 rings (SSSR count). The highest BCUT2D eigenvalue weighted by atomic mass is 16.5. The van der Waals surface area contributed by atoms with Gasteiger partial charge in [0.25, 0.3) is 0 Å². The number of fused-ring (bicyclic) bond motifs is 1. The molecule has 1 aromatic carbocycles. The van der Waals surface area contributed by atoms with Gasteiger partial charge in [0.15, 0.2) is 0 Å². The van der Waals surface area contributed by atoms with Gasteiger partial charge in [-0.1, -0.05) is 18.2 Å². The molecular formula is C19H24N4O. The van der Waals surface area contributed by atoms with Crippen LogP contribution in [0.4, 0.5) is 5.95 Å². The fraction of sp³-hybridized carbons (Fsp3) is 0.474. The van der Waals surface area contributed by atoms with Crippen molar-refractivity contribution in [2.45, 2.75) is 37.8 Å². The number of benzene rings is 1. The minimum Gasteiger partial charge on any atom is -0.493 e. The van der Waals surface area contributed by atoms with E-state index >= 15 is 0 Å². The van der Waals surface area contributed by atoms with Crippen molar-refractivity contribution in [1.29, 1.82) is 0 Å². The minimum absolute atomic E-state index is 0.397. The summed E-state index contributed by atoms with van der Waals surface area (Å²) in [6.07, 6.45) is 8.11. The van der Waals surface area contributed by atoms with Crippen molar-refractivity contribution in [1.82, 2.24) is 15.3 Å². The number of ether oxygens (including phenoxy) is 1. The number of anilines is 1. The molecule has 2 aliphatic heterocycles. The van der Waals surface area contributed by atoms with E-state index in [1.165, 1.54) is 5.56 Å². The summed E-state index contributed by atoms with van der Waals surface area (Å²) < 4.78 is 5.88. The quantitative estimate of drug-likeness (QED) is 0.941. The Morgan fingerprint density at radius 1 is 1.00 bits per heavy atom. The van der Waals surface area contributed by atoms with E-state index in [0.717, 1.165) is 57.1 Å². The Bertz CT molecular complexity index is 655. The van der Waals surface area contributed by atoms with E-state index in [4.69, 9.17) is 4.74 Å². The minimum atomic E-state index is 0.397. The molecule has 1 atom stereocenters. The lowest BCUT2D eigenvalue weighted by Gasteiger charge is -2.34. The van der Waals surface area contributed by atoms with Gasteiger partial charge in [-0.05, 0) is 37.8 Å². The third-order valence-corrected chi connectivity index (χ3v) is 4.96. The molecule has 0 amide bonds. The predicted molar refractivity (Wildman–Crippen MR) is 94.3 cm³/mol. The molecule has 2 aromatic rings. The van der Waals surface area contributed by atoms with E-state index in [1.807, 2.05) is 18.5 Å². The van der Waals surface area contributed by atoms with E-state index in [2.05, 4.69) is 44.5 Å². The zero-order valence-electron chi connectivity index (χ0n) is 13.9. The van der Waals surface area contributed by atoms with Crippen LogP contribution in [0.3, 0.4) is 0 Å². The number of hydrogen-bond acceptors (Lipinski definition) is 5. The first kappa shape index (κ1) is 15.4. The second kappa shape index (κ2) is 7.18. The molecule has 1 fully saturated rings. The number of piperidine rings is 1. The highest BCUT2D eigenvalue weighted by Crippen LogP contribution is 2.32. The predicted octanol–water partition coefficient (Wildman–Crippen LogP) is 2.95. The van der Waals surface area contributed by atoms with Crippen molar-refractivity contribution in [3.05, 3.63) is 48.3 Å². The van der Waals surface area contributed by atoms with Gasteiger partial charge in [0, 0.05) is 43.1 Å². The van der Waals surface area contributed by atoms with Crippen molar-refractivity contribution < 1.29 is 4.74 Å². The van der Waals surface area contributed by atoms with Gasteiger partial charge in [-0.25, -0.2) is 9.97 Å². The standard InChI is InChI=1S/C19H24N4O/c1-2-7-18-16(5-1)17(6-3-14-24-18)22-15-8-12-23(13-9-15)19-20-10-4-11-21-19/h1-2,4-5,7,10-11,15,17,22H,3,6,8-9,12-14H2. The molecule has 0 aliphatic carbocycles. The third kappa shape index (κ3) is 3.36. The van der Waals surface area contributed by atoms with Gasteiger partial charge >= 0.3 is 0 Å². The van der Waals surface area contributed by atoms with Gasteiger partial charge in [-0.3, -0.25) is 0 Å². The molecule has 0 spiro atoms. The second-order valence-electron chi connectivity index (χ2n) is 6.56. The Labute approximate surface area is 143 Å². The van der Waals surface area contributed by atoms with Crippen LogP contribution in [-0.2, 0) is 0 Å². The van der Waals surface area contributed by atoms with Gasteiger partial charge in [0.05, 0.1) is 6.61 Å². The first-order valence-corrected chi connectivity index (χ1v) is 8.90. The summed E-state index contributed by atoms with van der Waals surface area (Å²) in [5.41, 5.74) is 1.31. The van der Waals surface area contributed by atoms with Gasteiger partial charge in [0.1, 0.15) is 5.75 Å². The lowest BCUT2D eigenvalue weighted by atomic mass is 9.98. The van der Waals surface area contributed by atoms with Crippen LogP contribution in [0.1, 0.15) is 37.3 Å². The molecule has 3 heterocycles. The Morgan fingerprint density at radius 3 is 2.62 bits per heavy atom. The molecule has 1 N–H and O–H groups in total. The van der Waals surface area contributed by atoms with Crippen molar-refractivity contribution in [3.8, 4) is 5.75 Å². The van der Waals surface area contributed by atoms with E-state index in [-0.39, 0.29) is 0 Å². The summed E-state index contributed by atoms with van der Waals surface area (Å²) in [6.45, 7) is 2.83. The highest BCUT2D eigenvalue weighted by Gasteiger charge is 2.25. The molecule has 126 valence electrons. The molecule has 24 heavy (non-hydrogen) atoms. The van der Waals surface area contributed by atoms with Gasteiger partial charge in [-0.2, -0.15) is 0 Å². The van der Waals surface area contributed by atoms with Gasteiger partial charge in [0.2, 0.25) is 5.95 Å². The Balaban J connectivity index is 1.39. The smallest absolute Gasteiger partial charge is 0.225 e. The molecule has 5 heteroatoms. The van der Waals surface area contributed by atoms with Crippen LogP contribution in [0.2, 0.25) is 0 Å². The lowest BCUT2D eigenvalue weighted by Crippen LogP contribution is -2.44. The fourth-order valence-corrected chi connectivity index (χ4v) is 3.68. The molecule has 1 unspecified atom stereocenters. The Morgan fingerprint density at radius 2 is 1.79 bits per heavy atom. The van der Waals surface area contributed by atoms with Crippen LogP contribution < -0.4 is 15.0 Å². The molecular weight excluding hydrogens is 300 g/mol. The van der Waals surface area contributed by atoms with E-state index in [0.29, 0.717) is 12.1 Å². The topological polar surface area (TPSA) is 50.3 Å². The molecule has 0 radical (unpaired) electrons. The van der Waals surface area contributed by atoms with Crippen molar-refractivity contribution in [2.24, 2.45) is 0 Å². The number of nitrogens with zero attached hydrogens (tertiary/aromatic N) is 3. The maximum Gasteiger partial charge on any atom is 0.225 e. The summed E-state index contributed by atoms with van der Waals surface area (Å²) in [7, 11) is 0. The van der Waals surface area contributed by atoms with Crippen LogP contribution in [-0.4, -0.2) is 35.7 Å². The van der Waals surface area contributed by atoms with Crippen LogP contribution >= 0.6 is 0 Å². The van der Waals surface area contributed by atoms with E-state index in [9.17, 15) is 0 Å². The number of nitrogens with one attached hydrogen (secondary N) is 1. The van der Waals surface area contributed by atoms with Crippen LogP contribution in [0.15, 0.2) is 42.7 Å². The number of hydrogen-bond donors (Lipinski definition) is 1. The average Bonchev–Trinajstić information content (AvgIpc) is 2.86. The zero-order valence-corrected chi connectivity index (χ0v) is 13.9. The molecule has 0 bridgehead atoms. The summed E-state index contributed by atoms with van der Waals surface area (Å²) in [5.74, 6) is 1.90. The lowest BCUT2D eigenvalue weighted by molar-refractivity contribution is 0.312. The molecule has 1 aromatic heterocycles. The normalized spacial score (nSPS) is 21.7. The van der Waals surface area contributed by atoms with Crippen molar-refractivity contribution in [2.75, 3.05) is 24.6 Å². The average molecular weight is 324 g/mol. The first-order valence-electron chi connectivity index (χ1n) is 8.90. The molecule has 5 nitrogen and oxygen atoms in total. The van der Waals surface area contributed by atoms with Crippen molar-refractivity contribution in [3.63, 3.8) is 0 Å². The second-order valence-corrected chi connectivity index (χ2v) is 6.56. The molecule has 0 saturated carbocycles. The number of rotatable bonds is 3. The van der Waals surface area contributed by atoms with E-state index < -0.39 is 0 Å². The number of para-hydroxylation sites is 1. The fourth-order valence-electron chi connectivity index (χ4n) is 3.68. The van der Waals surface area contributed by atoms with Gasteiger partial charge in [-0.15, -0.1) is 0 Å². The zero-order chi connectivity index (χ0) is 16.2. The SMILES string of the molecule is c1cnc(N2CCC(NC3CCCOc4ccccc43)CC2)nc1. The van der Waals surface area contributed by atoms with Crippen LogP contribution in [0.25, 0.3) is 0 Å². The summed E-state index contributed by atoms with van der Waals surface area (Å²) in [4.78, 5) is 11.0. The van der Waals surface area contributed by atoms with Crippen molar-refractivity contribution >= 4 is 5.95 Å².